The summed E-state index contributed by atoms with van der Waals surface area (Å²) in [5, 5.41) is 2.97. The van der Waals surface area contributed by atoms with Crippen molar-refractivity contribution in [2.24, 2.45) is 0 Å². The molecule has 1 unspecified atom stereocenters. The van der Waals surface area contributed by atoms with Gasteiger partial charge in [0, 0.05) is 19.5 Å². The van der Waals surface area contributed by atoms with E-state index in [2.05, 4.69) is 5.32 Å². The molecule has 0 saturated heterocycles. The average molecular weight is 598 g/mol. The predicted molar refractivity (Wildman–Crippen MR) is 171 cm³/mol. The largest absolute Gasteiger partial charge is 0.354 e. The average Bonchev–Trinajstić information content (AvgIpc) is 3.03. The molecule has 4 aromatic carbocycles. The van der Waals surface area contributed by atoms with Gasteiger partial charge in [-0.05, 0) is 60.7 Å². The lowest BCUT2D eigenvalue weighted by molar-refractivity contribution is -0.140. The summed E-state index contributed by atoms with van der Waals surface area (Å²) in [6.07, 6.45) is 1.02. The van der Waals surface area contributed by atoms with Crippen molar-refractivity contribution >= 4 is 27.5 Å². The summed E-state index contributed by atoms with van der Waals surface area (Å²) in [6.45, 7) is 5.81. The summed E-state index contributed by atoms with van der Waals surface area (Å²) in [7, 11) is -4.13. The Kier molecular flexibility index (Phi) is 10.7. The fourth-order valence-electron chi connectivity index (χ4n) is 4.92. The molecule has 4 rings (SSSR count). The van der Waals surface area contributed by atoms with Crippen LogP contribution in [0.3, 0.4) is 0 Å². The van der Waals surface area contributed by atoms with Crippen LogP contribution in [0.5, 0.6) is 0 Å². The molecule has 224 valence electrons. The van der Waals surface area contributed by atoms with Gasteiger partial charge in [-0.1, -0.05) is 97.9 Å². The van der Waals surface area contributed by atoms with E-state index in [0.29, 0.717) is 17.8 Å². The molecule has 0 saturated carbocycles. The molecule has 8 heteroatoms. The van der Waals surface area contributed by atoms with Crippen molar-refractivity contribution < 1.29 is 18.0 Å². The van der Waals surface area contributed by atoms with E-state index in [9.17, 15) is 18.0 Å². The zero-order chi connectivity index (χ0) is 30.8. The summed E-state index contributed by atoms with van der Waals surface area (Å²) >= 11 is 0. The van der Waals surface area contributed by atoms with Gasteiger partial charge in [0.1, 0.15) is 12.6 Å². The molecular weight excluding hydrogens is 558 g/mol. The van der Waals surface area contributed by atoms with E-state index in [-0.39, 0.29) is 23.8 Å². The Morgan fingerprint density at radius 1 is 0.791 bits per heavy atom. The van der Waals surface area contributed by atoms with Gasteiger partial charge in [0.25, 0.3) is 10.0 Å². The van der Waals surface area contributed by atoms with Crippen LogP contribution in [0.1, 0.15) is 35.6 Å². The number of amides is 2. The van der Waals surface area contributed by atoms with Crippen molar-refractivity contribution in [2.45, 2.75) is 51.1 Å². The van der Waals surface area contributed by atoms with Gasteiger partial charge < -0.3 is 10.2 Å². The molecule has 0 radical (unpaired) electrons. The van der Waals surface area contributed by atoms with Gasteiger partial charge in [0.15, 0.2) is 0 Å². The van der Waals surface area contributed by atoms with Crippen molar-refractivity contribution in [1.29, 1.82) is 0 Å². The van der Waals surface area contributed by atoms with Gasteiger partial charge in [0.2, 0.25) is 11.8 Å². The summed E-state index contributed by atoms with van der Waals surface area (Å²) in [5.41, 5.74) is 3.74. The van der Waals surface area contributed by atoms with Crippen molar-refractivity contribution in [1.82, 2.24) is 10.2 Å². The minimum absolute atomic E-state index is 0.0832. The first-order chi connectivity index (χ1) is 20.7. The van der Waals surface area contributed by atoms with E-state index in [0.717, 1.165) is 23.1 Å². The third-order valence-electron chi connectivity index (χ3n) is 7.26. The van der Waals surface area contributed by atoms with Crippen molar-refractivity contribution in [3.63, 3.8) is 0 Å². The zero-order valence-electron chi connectivity index (χ0n) is 24.9. The Morgan fingerprint density at radius 3 is 1.98 bits per heavy atom. The minimum atomic E-state index is -4.13. The first-order valence-corrected chi connectivity index (χ1v) is 15.9. The first-order valence-electron chi connectivity index (χ1n) is 14.5. The number of hydrogen-bond donors (Lipinski definition) is 1. The maximum absolute atomic E-state index is 14.5. The van der Waals surface area contributed by atoms with Crippen LogP contribution in [0.25, 0.3) is 0 Å². The molecule has 1 atom stereocenters. The number of aryl methyl sites for hydroxylation is 2. The summed E-state index contributed by atoms with van der Waals surface area (Å²) in [4.78, 5) is 29.7. The third-order valence-corrected chi connectivity index (χ3v) is 9.03. The number of carbonyl (C=O) groups is 2. The molecule has 1 N–H and O–H groups in total. The van der Waals surface area contributed by atoms with E-state index >= 15 is 0 Å². The van der Waals surface area contributed by atoms with Crippen molar-refractivity contribution in [3.8, 4) is 0 Å². The topological polar surface area (TPSA) is 86.8 Å². The van der Waals surface area contributed by atoms with E-state index in [1.807, 2.05) is 93.6 Å². The molecule has 0 fully saturated rings. The first kappa shape index (κ1) is 31.5. The van der Waals surface area contributed by atoms with E-state index in [4.69, 9.17) is 0 Å². The smallest absolute Gasteiger partial charge is 0.264 e. The molecule has 7 nitrogen and oxygen atoms in total. The second kappa shape index (κ2) is 14.6. The lowest BCUT2D eigenvalue weighted by atomic mass is 10.0. The highest BCUT2D eigenvalue weighted by Gasteiger charge is 2.35. The highest BCUT2D eigenvalue weighted by atomic mass is 32.2. The molecule has 43 heavy (non-hydrogen) atoms. The molecule has 0 aliphatic heterocycles. The Morgan fingerprint density at radius 2 is 1.37 bits per heavy atom. The van der Waals surface area contributed by atoms with Gasteiger partial charge >= 0.3 is 0 Å². The monoisotopic (exact) mass is 597 g/mol. The van der Waals surface area contributed by atoms with Gasteiger partial charge in [0.05, 0.1) is 10.6 Å². The Balaban J connectivity index is 1.80. The lowest BCUT2D eigenvalue weighted by Crippen LogP contribution is -2.53. The van der Waals surface area contributed by atoms with Crippen LogP contribution in [0.2, 0.25) is 0 Å². The minimum Gasteiger partial charge on any atom is -0.354 e. The fourth-order valence-corrected chi connectivity index (χ4v) is 6.41. The summed E-state index contributed by atoms with van der Waals surface area (Å²) in [6, 6.07) is 31.8. The van der Waals surface area contributed by atoms with Crippen LogP contribution in [0.15, 0.2) is 114 Å². The van der Waals surface area contributed by atoms with Crippen LogP contribution >= 0.6 is 0 Å². The van der Waals surface area contributed by atoms with Gasteiger partial charge in [-0.15, -0.1) is 0 Å². The SMILES string of the molecule is CCCNC(=O)C(Cc1ccccc1)N(Cc1ccccc1)C(=O)CN(c1cc(C)ccc1C)S(=O)(=O)c1ccccc1. The van der Waals surface area contributed by atoms with Gasteiger partial charge in [-0.3, -0.25) is 13.9 Å². The highest BCUT2D eigenvalue weighted by Crippen LogP contribution is 2.28. The molecule has 0 aromatic heterocycles. The zero-order valence-corrected chi connectivity index (χ0v) is 25.8. The quantitative estimate of drug-likeness (QED) is 0.215. The molecule has 0 spiro atoms. The second-order valence-electron chi connectivity index (χ2n) is 10.6. The Labute approximate surface area is 255 Å². The standard InChI is InChI=1S/C35H39N3O4S/c1-4-22-36-35(40)33(24-29-14-8-5-9-15-29)37(25-30-16-10-6-11-17-30)34(39)26-38(32-23-27(2)20-21-28(32)3)43(41,42)31-18-12-7-13-19-31/h5-21,23,33H,4,22,24-26H2,1-3H3,(H,36,40). The number of rotatable bonds is 13. The van der Waals surface area contributed by atoms with Gasteiger partial charge in [-0.2, -0.15) is 0 Å². The number of nitrogens with one attached hydrogen (secondary N) is 1. The molecule has 0 heterocycles. The number of carbonyl (C=O) groups excluding carboxylic acids is 2. The maximum atomic E-state index is 14.5. The van der Waals surface area contributed by atoms with Gasteiger partial charge in [-0.25, -0.2) is 8.42 Å². The van der Waals surface area contributed by atoms with Crippen LogP contribution in [0, 0.1) is 13.8 Å². The number of benzene rings is 4. The Hall–Kier alpha value is -4.43. The number of hydrogen-bond acceptors (Lipinski definition) is 4. The Bertz CT molecular complexity index is 1610. The van der Waals surface area contributed by atoms with Crippen LogP contribution in [-0.2, 0) is 32.6 Å². The fraction of sp³-hybridized carbons (Fsp3) is 0.257. The van der Waals surface area contributed by atoms with Crippen LogP contribution in [-0.4, -0.2) is 44.3 Å². The molecular formula is C35H39N3O4S. The molecule has 2 amide bonds. The number of nitrogens with zero attached hydrogens (tertiary/aromatic N) is 2. The number of sulfonamides is 1. The lowest BCUT2D eigenvalue weighted by Gasteiger charge is -2.34. The normalized spacial score (nSPS) is 11.9. The van der Waals surface area contributed by atoms with Crippen LogP contribution < -0.4 is 9.62 Å². The van der Waals surface area contributed by atoms with E-state index in [1.54, 1.807) is 24.3 Å². The highest BCUT2D eigenvalue weighted by molar-refractivity contribution is 7.92. The molecule has 4 aromatic rings. The number of anilines is 1. The summed E-state index contributed by atoms with van der Waals surface area (Å²) in [5.74, 6) is -0.754. The second-order valence-corrected chi connectivity index (χ2v) is 12.5. The maximum Gasteiger partial charge on any atom is 0.264 e. The van der Waals surface area contributed by atoms with Crippen LogP contribution in [0.4, 0.5) is 5.69 Å². The summed E-state index contributed by atoms with van der Waals surface area (Å²) < 4.78 is 29.4. The van der Waals surface area contributed by atoms with E-state index in [1.165, 1.54) is 21.3 Å². The molecule has 0 aliphatic rings. The third kappa shape index (κ3) is 8.11. The molecule has 0 aliphatic carbocycles. The molecule has 0 bridgehead atoms. The van der Waals surface area contributed by atoms with Crippen molar-refractivity contribution in [3.05, 3.63) is 131 Å². The van der Waals surface area contributed by atoms with Crippen molar-refractivity contribution in [2.75, 3.05) is 17.4 Å². The predicted octanol–water partition coefficient (Wildman–Crippen LogP) is 5.67. The van der Waals surface area contributed by atoms with E-state index < -0.39 is 28.5 Å².